The molecule has 1 saturated carbocycles. The summed E-state index contributed by atoms with van der Waals surface area (Å²) in [5, 5.41) is 10.4. The molecule has 2 amide bonds. The summed E-state index contributed by atoms with van der Waals surface area (Å²) in [6.07, 6.45) is 4.31. The topological polar surface area (TPSA) is 73.9 Å². The molecule has 0 bridgehead atoms. The van der Waals surface area contributed by atoms with E-state index in [1.807, 2.05) is 24.0 Å². The van der Waals surface area contributed by atoms with Crippen LogP contribution in [0.1, 0.15) is 48.0 Å². The lowest BCUT2D eigenvalue weighted by Gasteiger charge is -2.18. The summed E-state index contributed by atoms with van der Waals surface area (Å²) in [5.74, 6) is 2.96. The lowest BCUT2D eigenvalue weighted by atomic mass is 10.1. The third-order valence-electron chi connectivity index (χ3n) is 5.39. The Morgan fingerprint density at radius 1 is 1.32 bits per heavy atom. The number of carbonyl (C=O) groups is 1. The molecule has 2 N–H and O–H groups in total. The summed E-state index contributed by atoms with van der Waals surface area (Å²) in [7, 11) is 0. The van der Waals surface area contributed by atoms with E-state index in [-0.39, 0.29) is 6.03 Å². The Kier molecular flexibility index (Phi) is 4.19. The van der Waals surface area contributed by atoms with Crippen LogP contribution in [0.3, 0.4) is 0 Å². The Morgan fingerprint density at radius 3 is 2.96 bits per heavy atom. The zero-order valence-corrected chi connectivity index (χ0v) is 14.9. The molecule has 6 heteroatoms. The Labute approximate surface area is 148 Å². The maximum absolute atomic E-state index is 12.6. The van der Waals surface area contributed by atoms with Crippen LogP contribution in [-0.2, 0) is 6.42 Å². The van der Waals surface area contributed by atoms with E-state index in [1.54, 1.807) is 0 Å². The van der Waals surface area contributed by atoms with Crippen molar-refractivity contribution in [1.29, 1.82) is 0 Å². The predicted molar refractivity (Wildman–Crippen MR) is 96.7 cm³/mol. The number of aryl methyl sites for hydroxylation is 1. The van der Waals surface area contributed by atoms with Crippen LogP contribution in [0.2, 0.25) is 0 Å². The fourth-order valence-electron chi connectivity index (χ4n) is 3.46. The number of urea groups is 1. The quantitative estimate of drug-likeness (QED) is 0.896. The molecule has 4 rings (SSSR count). The second-order valence-corrected chi connectivity index (χ2v) is 7.40. The van der Waals surface area contributed by atoms with Crippen LogP contribution in [0.4, 0.5) is 10.5 Å². The molecule has 1 aromatic heterocycles. The fourth-order valence-corrected chi connectivity index (χ4v) is 3.46. The van der Waals surface area contributed by atoms with Gasteiger partial charge in [-0.25, -0.2) is 9.78 Å². The van der Waals surface area contributed by atoms with Crippen LogP contribution in [0.5, 0.6) is 0 Å². The molecule has 1 aliphatic carbocycles. The van der Waals surface area contributed by atoms with E-state index >= 15 is 0 Å². The number of H-pyrrole nitrogens is 1. The smallest absolute Gasteiger partial charge is 0.321 e. The number of amides is 2. The summed E-state index contributed by atoms with van der Waals surface area (Å²) in [6, 6.07) is 5.99. The van der Waals surface area contributed by atoms with Gasteiger partial charge in [0.15, 0.2) is 5.82 Å². The van der Waals surface area contributed by atoms with Crippen molar-refractivity contribution in [3.8, 4) is 0 Å². The molecule has 1 saturated heterocycles. The second-order valence-electron chi connectivity index (χ2n) is 7.40. The normalized spacial score (nSPS) is 20.1. The molecule has 25 heavy (non-hydrogen) atoms. The molecule has 2 heterocycles. The van der Waals surface area contributed by atoms with E-state index in [0.29, 0.717) is 11.8 Å². The van der Waals surface area contributed by atoms with Crippen molar-refractivity contribution >= 4 is 11.7 Å². The molecule has 2 fully saturated rings. The maximum atomic E-state index is 12.6. The molecule has 2 aliphatic rings. The Bertz CT molecular complexity index is 780. The highest BCUT2D eigenvalue weighted by Gasteiger charge is 2.30. The van der Waals surface area contributed by atoms with Gasteiger partial charge >= 0.3 is 6.03 Å². The van der Waals surface area contributed by atoms with Crippen molar-refractivity contribution < 1.29 is 4.79 Å². The number of aromatic amines is 1. The number of likely N-dealkylation sites (tertiary alicyclic amines) is 1. The van der Waals surface area contributed by atoms with Crippen molar-refractivity contribution in [3.63, 3.8) is 0 Å². The number of benzene rings is 1. The van der Waals surface area contributed by atoms with Gasteiger partial charge < -0.3 is 10.2 Å². The van der Waals surface area contributed by atoms with Crippen molar-refractivity contribution in [1.82, 2.24) is 20.1 Å². The van der Waals surface area contributed by atoms with Crippen molar-refractivity contribution in [3.05, 3.63) is 41.0 Å². The lowest BCUT2D eigenvalue weighted by molar-refractivity contribution is 0.220. The third kappa shape index (κ3) is 3.52. The first-order chi connectivity index (χ1) is 12.1. The van der Waals surface area contributed by atoms with Gasteiger partial charge in [-0.15, -0.1) is 0 Å². The number of rotatable bonds is 4. The highest BCUT2D eigenvalue weighted by molar-refractivity contribution is 5.90. The Morgan fingerprint density at radius 2 is 2.16 bits per heavy atom. The van der Waals surface area contributed by atoms with Crippen molar-refractivity contribution in [2.45, 2.75) is 45.4 Å². The first kappa shape index (κ1) is 16.1. The van der Waals surface area contributed by atoms with Crippen LogP contribution < -0.4 is 5.32 Å². The number of hydrogen-bond acceptors (Lipinski definition) is 3. The van der Waals surface area contributed by atoms with E-state index in [1.165, 1.54) is 18.4 Å². The molecule has 0 spiro atoms. The summed E-state index contributed by atoms with van der Waals surface area (Å²) in [5.41, 5.74) is 3.22. The van der Waals surface area contributed by atoms with Crippen LogP contribution in [0.25, 0.3) is 0 Å². The van der Waals surface area contributed by atoms with Crippen molar-refractivity contribution in [2.75, 3.05) is 18.4 Å². The molecule has 1 aliphatic heterocycles. The van der Waals surface area contributed by atoms with Gasteiger partial charge in [-0.1, -0.05) is 12.1 Å². The predicted octanol–water partition coefficient (Wildman–Crippen LogP) is 3.40. The third-order valence-corrected chi connectivity index (χ3v) is 5.39. The fraction of sp³-hybridized carbons (Fsp3) is 0.526. The lowest BCUT2D eigenvalue weighted by Crippen LogP contribution is -2.33. The molecule has 2 aromatic rings. The number of nitrogens with one attached hydrogen (secondary N) is 2. The standard InChI is InChI=1S/C19H25N5O/c1-12-4-3-5-16(13(12)2)20-19(25)24-9-8-14(11-24)10-17-21-18(23-22-17)15-6-7-15/h3-5,14-15H,6-11H2,1-2H3,(H,20,25)(H,21,22,23). The van der Waals surface area contributed by atoms with Crippen molar-refractivity contribution in [2.24, 2.45) is 5.92 Å². The molecular weight excluding hydrogens is 314 g/mol. The van der Waals surface area contributed by atoms with Gasteiger partial charge in [0.2, 0.25) is 0 Å². The van der Waals surface area contributed by atoms with Crippen LogP contribution >= 0.6 is 0 Å². The van der Waals surface area contributed by atoms with Crippen LogP contribution in [0.15, 0.2) is 18.2 Å². The van der Waals surface area contributed by atoms with Crippen LogP contribution in [-0.4, -0.2) is 39.2 Å². The number of hydrogen-bond donors (Lipinski definition) is 2. The highest BCUT2D eigenvalue weighted by Crippen LogP contribution is 2.37. The average molecular weight is 339 g/mol. The van der Waals surface area contributed by atoms with Crippen LogP contribution in [0, 0.1) is 19.8 Å². The largest absolute Gasteiger partial charge is 0.324 e. The second kappa shape index (κ2) is 6.50. The number of carbonyl (C=O) groups excluding carboxylic acids is 1. The SMILES string of the molecule is Cc1cccc(NC(=O)N2CCC(Cc3nc(C4CC4)n[nH]3)C2)c1C. The number of aromatic nitrogens is 3. The Balaban J connectivity index is 1.33. The first-order valence-electron chi connectivity index (χ1n) is 9.13. The zero-order valence-electron chi connectivity index (χ0n) is 14.9. The van der Waals surface area contributed by atoms with E-state index < -0.39 is 0 Å². The zero-order chi connectivity index (χ0) is 17.4. The number of nitrogens with zero attached hydrogens (tertiary/aromatic N) is 3. The van der Waals surface area contributed by atoms with E-state index in [0.717, 1.165) is 48.8 Å². The molecule has 132 valence electrons. The maximum Gasteiger partial charge on any atom is 0.321 e. The first-order valence-corrected chi connectivity index (χ1v) is 9.13. The van der Waals surface area contributed by atoms with E-state index in [9.17, 15) is 4.79 Å². The summed E-state index contributed by atoms with van der Waals surface area (Å²) in [6.45, 7) is 5.67. The monoisotopic (exact) mass is 339 g/mol. The summed E-state index contributed by atoms with van der Waals surface area (Å²) in [4.78, 5) is 19.1. The molecule has 0 radical (unpaired) electrons. The van der Waals surface area contributed by atoms with Gasteiger partial charge in [-0.2, -0.15) is 5.10 Å². The molecule has 1 aromatic carbocycles. The van der Waals surface area contributed by atoms with E-state index in [2.05, 4.69) is 33.5 Å². The summed E-state index contributed by atoms with van der Waals surface area (Å²) < 4.78 is 0. The molecule has 6 nitrogen and oxygen atoms in total. The molecular formula is C19H25N5O. The van der Waals surface area contributed by atoms with Gasteiger partial charge in [0.1, 0.15) is 5.82 Å². The Hall–Kier alpha value is -2.37. The van der Waals surface area contributed by atoms with E-state index in [4.69, 9.17) is 0 Å². The minimum atomic E-state index is -0.00700. The average Bonchev–Trinajstić information content (AvgIpc) is 3.16. The molecule has 1 atom stereocenters. The highest BCUT2D eigenvalue weighted by atomic mass is 16.2. The minimum absolute atomic E-state index is 0.00700. The van der Waals surface area contributed by atoms with Gasteiger partial charge in [0.25, 0.3) is 0 Å². The van der Waals surface area contributed by atoms with Gasteiger partial charge in [-0.05, 0) is 56.2 Å². The van der Waals surface area contributed by atoms with Gasteiger partial charge in [0, 0.05) is 31.1 Å². The van der Waals surface area contributed by atoms with Gasteiger partial charge in [-0.3, -0.25) is 5.10 Å². The minimum Gasteiger partial charge on any atom is -0.324 e. The van der Waals surface area contributed by atoms with Gasteiger partial charge in [0.05, 0.1) is 0 Å². The summed E-state index contributed by atoms with van der Waals surface area (Å²) >= 11 is 0. The number of anilines is 1. The molecule has 1 unspecified atom stereocenters.